The summed E-state index contributed by atoms with van der Waals surface area (Å²) in [4.78, 5) is 61.7. The highest BCUT2D eigenvalue weighted by Crippen LogP contribution is 2.33. The Hall–Kier alpha value is -4.69. The number of rotatable bonds is 26. The summed E-state index contributed by atoms with van der Waals surface area (Å²) in [7, 11) is 0. The average Bonchev–Trinajstić information content (AvgIpc) is 1.42. The van der Waals surface area contributed by atoms with Gasteiger partial charge in [-0.2, -0.15) is 0 Å². The maximum atomic E-state index is 13.3. The van der Waals surface area contributed by atoms with Crippen molar-refractivity contribution in [2.24, 2.45) is 46.3 Å². The summed E-state index contributed by atoms with van der Waals surface area (Å²) in [6.45, 7) is 52.4. The monoisotopic (exact) mass is 1460 g/mol. The van der Waals surface area contributed by atoms with Crippen molar-refractivity contribution in [1.82, 2.24) is 26.6 Å². The molecule has 0 bridgehead atoms. The van der Waals surface area contributed by atoms with Gasteiger partial charge in [-0.05, 0) is 243 Å². The van der Waals surface area contributed by atoms with Crippen molar-refractivity contribution in [3.63, 3.8) is 0 Å². The van der Waals surface area contributed by atoms with Gasteiger partial charge in [0.25, 0.3) is 0 Å². The molecule has 0 heterocycles. The minimum atomic E-state index is -0.654. The van der Waals surface area contributed by atoms with Crippen LogP contribution in [0, 0.1) is 69.6 Å². The van der Waals surface area contributed by atoms with Crippen LogP contribution < -0.4 is 26.6 Å². The van der Waals surface area contributed by atoms with E-state index in [2.05, 4.69) is 68.1 Å². The molecule has 5 N–H and O–H groups in total. The zero-order chi connectivity index (χ0) is 78.5. The van der Waals surface area contributed by atoms with Crippen molar-refractivity contribution >= 4 is 29.5 Å². The standard InChI is InChI=1S/C19H27F2NO2.C17H25F2NO2.C17H33NO2.C16H31NO2.C15H29NO2/c1-19(2,3)22-18(23)17(10-13-6-4-5-7-13)24-12-14-8-15(20)11-16(21)9-14;1-11(2)6-15(16(21)20-17(3,4)5)22-10-12-7-13(18)9-14(19)8-12;1-16(2,3)11-14(15(19)18-17(4,5)6)20-12-13-9-7-8-10-13;1-15(2,3)13(14(18)17-16(4,5)6)19-11-12-9-7-8-10-12;1-11(2)13(14(17)16-15(3,4)5)18-10-12-8-6-7-9-12/h8-9,11,13,17H,4-7,10,12H2,1-3H3,(H,22,23);7-9,11,15H,6,10H2,1-5H3,(H,20,21);13-14H,7-12H2,1-6H3,(H,18,19);12-13H,7-11H2,1-6H3,(H,17,18);11-13H,6-10H2,1-5H3,(H,16,17). The second-order valence-corrected chi connectivity index (χ2v) is 38.0. The number of hydrogen-bond acceptors (Lipinski definition) is 10. The molecule has 4 saturated carbocycles. The molecule has 0 spiro atoms. The summed E-state index contributed by atoms with van der Waals surface area (Å²) >= 11 is 0. The molecule has 0 radical (unpaired) electrons. The maximum absolute atomic E-state index is 13.3. The number of hydrogen-bond donors (Lipinski definition) is 5. The van der Waals surface area contributed by atoms with Crippen LogP contribution >= 0.6 is 0 Å². The predicted molar refractivity (Wildman–Crippen MR) is 409 cm³/mol. The van der Waals surface area contributed by atoms with Crippen molar-refractivity contribution in [2.45, 2.75) is 367 Å². The Morgan fingerprint density at radius 2 is 0.680 bits per heavy atom. The smallest absolute Gasteiger partial charge is 0.250 e. The summed E-state index contributed by atoms with van der Waals surface area (Å²) in [5, 5.41) is 14.9. The van der Waals surface area contributed by atoms with Gasteiger partial charge in [0.2, 0.25) is 29.5 Å². The average molecular weight is 1460 g/mol. The minimum absolute atomic E-state index is 0.0103. The minimum Gasteiger partial charge on any atom is -0.368 e. The van der Waals surface area contributed by atoms with Gasteiger partial charge >= 0.3 is 0 Å². The quantitative estimate of drug-likeness (QED) is 0.0566. The number of carbonyl (C=O) groups is 5. The molecule has 103 heavy (non-hydrogen) atoms. The van der Waals surface area contributed by atoms with E-state index in [0.717, 1.165) is 51.2 Å². The molecular weight excluding hydrogens is 1310 g/mol. The molecule has 5 amide bonds. The lowest BCUT2D eigenvalue weighted by molar-refractivity contribution is -0.143. The predicted octanol–water partition coefficient (Wildman–Crippen LogP) is 18.7. The Bertz CT molecular complexity index is 2760. The van der Waals surface area contributed by atoms with Crippen LogP contribution in [-0.2, 0) is 60.9 Å². The summed E-state index contributed by atoms with van der Waals surface area (Å²) < 4.78 is 82.2. The third-order valence-electron chi connectivity index (χ3n) is 17.5. The van der Waals surface area contributed by atoms with Crippen LogP contribution in [0.15, 0.2) is 36.4 Å². The molecule has 15 nitrogen and oxygen atoms in total. The Labute approximate surface area is 622 Å². The molecule has 0 saturated heterocycles. The van der Waals surface area contributed by atoms with Gasteiger partial charge in [-0.1, -0.05) is 133 Å². The van der Waals surface area contributed by atoms with E-state index in [1.807, 2.05) is 132 Å². The number of halogens is 4. The first-order chi connectivity index (χ1) is 47.2. The molecular formula is C84H145F4N5O10. The van der Waals surface area contributed by atoms with Gasteiger partial charge in [0.1, 0.15) is 53.8 Å². The number of amides is 5. The van der Waals surface area contributed by atoms with Gasteiger partial charge in [0.05, 0.1) is 33.0 Å². The number of nitrogens with one attached hydrogen (secondary N) is 5. The van der Waals surface area contributed by atoms with Crippen LogP contribution in [-0.4, -0.2) is 108 Å². The lowest BCUT2D eigenvalue weighted by Gasteiger charge is -2.33. The third-order valence-corrected chi connectivity index (χ3v) is 17.5. The van der Waals surface area contributed by atoms with Crippen molar-refractivity contribution in [2.75, 3.05) is 19.8 Å². The van der Waals surface area contributed by atoms with Crippen molar-refractivity contribution in [3.05, 3.63) is 70.8 Å². The van der Waals surface area contributed by atoms with E-state index in [4.69, 9.17) is 23.7 Å². The maximum Gasteiger partial charge on any atom is 0.250 e. The molecule has 4 aliphatic carbocycles. The van der Waals surface area contributed by atoms with Crippen LogP contribution in [0.5, 0.6) is 0 Å². The van der Waals surface area contributed by atoms with Crippen LogP contribution in [0.4, 0.5) is 17.6 Å². The van der Waals surface area contributed by atoms with E-state index < -0.39 is 35.5 Å². The Morgan fingerprint density at radius 1 is 0.379 bits per heavy atom. The van der Waals surface area contributed by atoms with Crippen LogP contribution in [0.1, 0.15) is 306 Å². The summed E-state index contributed by atoms with van der Waals surface area (Å²) in [5.41, 5.74) is -0.631. The Morgan fingerprint density at radius 3 is 1.01 bits per heavy atom. The van der Waals surface area contributed by atoms with Crippen molar-refractivity contribution < 1.29 is 65.2 Å². The molecule has 0 aliphatic heterocycles. The highest BCUT2D eigenvalue weighted by atomic mass is 19.1. The van der Waals surface area contributed by atoms with Crippen LogP contribution in [0.3, 0.4) is 0 Å². The molecule has 6 rings (SSSR count). The van der Waals surface area contributed by atoms with Gasteiger partial charge in [-0.25, -0.2) is 17.6 Å². The van der Waals surface area contributed by atoms with Crippen molar-refractivity contribution in [3.8, 4) is 0 Å². The number of ether oxygens (including phenoxy) is 5. The zero-order valence-electron chi connectivity index (χ0n) is 68.9. The Kier molecular flexibility index (Phi) is 40.3. The van der Waals surface area contributed by atoms with E-state index in [1.165, 1.54) is 114 Å². The summed E-state index contributed by atoms with van der Waals surface area (Å²) in [6, 6.07) is 6.51. The van der Waals surface area contributed by atoms with Crippen molar-refractivity contribution in [1.29, 1.82) is 0 Å². The highest BCUT2D eigenvalue weighted by molar-refractivity contribution is 5.83. The molecule has 4 fully saturated rings. The fourth-order valence-corrected chi connectivity index (χ4v) is 12.8. The number of benzene rings is 2. The van der Waals surface area contributed by atoms with Gasteiger partial charge < -0.3 is 50.3 Å². The first kappa shape index (κ1) is 94.4. The van der Waals surface area contributed by atoms with Gasteiger partial charge in [0.15, 0.2) is 0 Å². The second kappa shape index (κ2) is 43.9. The summed E-state index contributed by atoms with van der Waals surface area (Å²) in [6.07, 6.45) is 19.7. The second-order valence-electron chi connectivity index (χ2n) is 38.0. The third kappa shape index (κ3) is 44.9. The lowest BCUT2D eigenvalue weighted by Crippen LogP contribution is -2.51. The molecule has 5 unspecified atom stereocenters. The highest BCUT2D eigenvalue weighted by Gasteiger charge is 2.36. The summed E-state index contributed by atoms with van der Waals surface area (Å²) in [5.74, 6) is 0.0271. The van der Waals surface area contributed by atoms with Gasteiger partial charge in [-0.3, -0.25) is 24.0 Å². The SMILES string of the molecule is CC(C)(C)CC(OCC1CCCC1)C(=O)NC(C)(C)C.CC(C)(C)NC(=O)C(CC1CCCC1)OCc1cc(F)cc(F)c1.CC(C)(C)NC(=O)C(OCC1CCCC1)C(C)(C)C.CC(C)C(OCC1CCCC1)C(=O)NC(C)(C)C.CC(C)CC(OCc1cc(F)cc(F)c1)C(=O)NC(C)(C)C. The molecule has 0 aromatic heterocycles. The first-order valence-corrected chi connectivity index (χ1v) is 38.8. The van der Waals surface area contributed by atoms with Crippen LogP contribution in [0.2, 0.25) is 0 Å². The fourth-order valence-electron chi connectivity index (χ4n) is 12.8. The zero-order valence-corrected chi connectivity index (χ0v) is 68.9. The van der Waals surface area contributed by atoms with E-state index in [-0.39, 0.29) is 111 Å². The van der Waals surface area contributed by atoms with E-state index in [0.29, 0.717) is 47.6 Å². The lowest BCUT2D eigenvalue weighted by atomic mass is 9.87. The van der Waals surface area contributed by atoms with E-state index in [9.17, 15) is 41.5 Å². The molecule has 2 aromatic rings. The number of carbonyl (C=O) groups excluding carboxylic acids is 5. The molecule has 4 aliphatic rings. The molecule has 19 heteroatoms. The molecule has 594 valence electrons. The van der Waals surface area contributed by atoms with Gasteiger partial charge in [-0.15, -0.1) is 0 Å². The first-order valence-electron chi connectivity index (χ1n) is 38.8. The van der Waals surface area contributed by atoms with E-state index >= 15 is 0 Å². The van der Waals surface area contributed by atoms with Crippen LogP contribution in [0.25, 0.3) is 0 Å². The Balaban J connectivity index is 0.000000439. The van der Waals surface area contributed by atoms with E-state index in [1.54, 1.807) is 0 Å². The fraction of sp³-hybridized carbons (Fsp3) is 0.798. The van der Waals surface area contributed by atoms with Gasteiger partial charge in [0, 0.05) is 39.8 Å². The topological polar surface area (TPSA) is 192 Å². The molecule has 5 atom stereocenters. The molecule has 2 aromatic carbocycles. The largest absolute Gasteiger partial charge is 0.368 e. The normalized spacial score (nSPS) is 17.5.